The highest BCUT2D eigenvalue weighted by Gasteiger charge is 2.27. The van der Waals surface area contributed by atoms with E-state index >= 15 is 0 Å². The van der Waals surface area contributed by atoms with Crippen LogP contribution in [-0.4, -0.2) is 12.6 Å². The summed E-state index contributed by atoms with van der Waals surface area (Å²) in [6.07, 6.45) is 8.65. The molecule has 0 heterocycles. The SMILES string of the molecule is CC1CC(C)CC(NCC2CCCC2C)C1. The molecule has 1 heteroatoms. The zero-order chi connectivity index (χ0) is 11.5. The van der Waals surface area contributed by atoms with Gasteiger partial charge in [-0.2, -0.15) is 0 Å². The van der Waals surface area contributed by atoms with Gasteiger partial charge in [0.25, 0.3) is 0 Å². The molecule has 1 nitrogen and oxygen atoms in total. The van der Waals surface area contributed by atoms with Crippen LogP contribution >= 0.6 is 0 Å². The second kappa shape index (κ2) is 5.53. The van der Waals surface area contributed by atoms with E-state index in [2.05, 4.69) is 26.1 Å². The van der Waals surface area contributed by atoms with E-state index in [0.717, 1.165) is 29.7 Å². The molecule has 0 saturated heterocycles. The van der Waals surface area contributed by atoms with Crippen LogP contribution in [0.25, 0.3) is 0 Å². The zero-order valence-electron chi connectivity index (χ0n) is 11.3. The Morgan fingerprint density at radius 1 is 0.938 bits per heavy atom. The second-order valence-corrected chi connectivity index (χ2v) is 6.69. The molecule has 0 aliphatic heterocycles. The third-order valence-electron chi connectivity index (χ3n) is 4.89. The van der Waals surface area contributed by atoms with Crippen LogP contribution in [0.15, 0.2) is 0 Å². The molecular formula is C15H29N. The Bertz CT molecular complexity index is 203. The first kappa shape index (κ1) is 12.4. The summed E-state index contributed by atoms with van der Waals surface area (Å²) in [5.41, 5.74) is 0. The molecular weight excluding hydrogens is 194 g/mol. The van der Waals surface area contributed by atoms with Crippen molar-refractivity contribution < 1.29 is 0 Å². The highest BCUT2D eigenvalue weighted by Crippen LogP contribution is 2.32. The van der Waals surface area contributed by atoms with E-state index < -0.39 is 0 Å². The smallest absolute Gasteiger partial charge is 0.00722 e. The molecule has 2 aliphatic carbocycles. The van der Waals surface area contributed by atoms with Crippen LogP contribution < -0.4 is 5.32 Å². The molecule has 0 radical (unpaired) electrons. The predicted octanol–water partition coefficient (Wildman–Crippen LogP) is 3.84. The first-order chi connectivity index (χ1) is 7.65. The molecule has 0 aromatic heterocycles. The largest absolute Gasteiger partial charge is 0.314 e. The van der Waals surface area contributed by atoms with E-state index in [1.165, 1.54) is 45.1 Å². The molecule has 4 atom stereocenters. The molecule has 2 rings (SSSR count). The van der Waals surface area contributed by atoms with Crippen molar-refractivity contribution in [3.8, 4) is 0 Å². The molecule has 2 aliphatic rings. The van der Waals surface area contributed by atoms with Crippen LogP contribution in [-0.2, 0) is 0 Å². The highest BCUT2D eigenvalue weighted by molar-refractivity contribution is 4.82. The van der Waals surface area contributed by atoms with Gasteiger partial charge in [0, 0.05) is 6.04 Å². The molecule has 0 aromatic carbocycles. The Morgan fingerprint density at radius 2 is 1.62 bits per heavy atom. The topological polar surface area (TPSA) is 12.0 Å². The Kier molecular flexibility index (Phi) is 4.29. The molecule has 2 saturated carbocycles. The summed E-state index contributed by atoms with van der Waals surface area (Å²) in [5, 5.41) is 3.85. The van der Waals surface area contributed by atoms with Crippen LogP contribution in [0.3, 0.4) is 0 Å². The normalized spacial score (nSPS) is 44.8. The summed E-state index contributed by atoms with van der Waals surface area (Å²) in [5.74, 6) is 3.79. The third-order valence-corrected chi connectivity index (χ3v) is 4.89. The number of hydrogen-bond acceptors (Lipinski definition) is 1. The molecule has 2 fully saturated rings. The number of rotatable bonds is 3. The molecule has 0 bridgehead atoms. The lowest BCUT2D eigenvalue weighted by molar-refractivity contribution is 0.227. The minimum atomic E-state index is 0.812. The van der Waals surface area contributed by atoms with Crippen molar-refractivity contribution >= 4 is 0 Å². The van der Waals surface area contributed by atoms with Crippen molar-refractivity contribution in [2.75, 3.05) is 6.54 Å². The minimum absolute atomic E-state index is 0.812. The first-order valence-electron chi connectivity index (χ1n) is 7.38. The van der Waals surface area contributed by atoms with Gasteiger partial charge in [-0.1, -0.05) is 33.6 Å². The maximum atomic E-state index is 3.85. The first-order valence-corrected chi connectivity index (χ1v) is 7.38. The van der Waals surface area contributed by atoms with E-state index in [1.807, 2.05) is 0 Å². The Labute approximate surface area is 101 Å². The monoisotopic (exact) mass is 223 g/mol. The van der Waals surface area contributed by atoms with Crippen molar-refractivity contribution in [1.82, 2.24) is 5.32 Å². The summed E-state index contributed by atoms with van der Waals surface area (Å²) < 4.78 is 0. The van der Waals surface area contributed by atoms with Crippen molar-refractivity contribution in [3.05, 3.63) is 0 Å². The van der Waals surface area contributed by atoms with Gasteiger partial charge >= 0.3 is 0 Å². The second-order valence-electron chi connectivity index (χ2n) is 6.69. The maximum Gasteiger partial charge on any atom is 0.00722 e. The van der Waals surface area contributed by atoms with Gasteiger partial charge < -0.3 is 5.32 Å². The van der Waals surface area contributed by atoms with E-state index in [9.17, 15) is 0 Å². The molecule has 1 N–H and O–H groups in total. The summed E-state index contributed by atoms with van der Waals surface area (Å²) >= 11 is 0. The van der Waals surface area contributed by atoms with Gasteiger partial charge in [-0.25, -0.2) is 0 Å². The van der Waals surface area contributed by atoms with Gasteiger partial charge in [0.1, 0.15) is 0 Å². The van der Waals surface area contributed by atoms with E-state index in [1.54, 1.807) is 0 Å². The third kappa shape index (κ3) is 3.23. The summed E-state index contributed by atoms with van der Waals surface area (Å²) in [4.78, 5) is 0. The highest BCUT2D eigenvalue weighted by atomic mass is 14.9. The molecule has 4 unspecified atom stereocenters. The summed E-state index contributed by atoms with van der Waals surface area (Å²) in [6.45, 7) is 8.56. The van der Waals surface area contributed by atoms with Crippen molar-refractivity contribution in [2.24, 2.45) is 23.7 Å². The van der Waals surface area contributed by atoms with Gasteiger partial charge in [-0.05, 0) is 55.9 Å². The average Bonchev–Trinajstić information content (AvgIpc) is 2.59. The maximum absolute atomic E-state index is 3.85. The molecule has 0 amide bonds. The lowest BCUT2D eigenvalue weighted by atomic mass is 9.80. The van der Waals surface area contributed by atoms with E-state index in [0.29, 0.717) is 0 Å². The summed E-state index contributed by atoms with van der Waals surface area (Å²) in [6, 6.07) is 0.812. The standard InChI is InChI=1S/C15H29N/c1-11-7-12(2)9-15(8-11)16-10-14-6-4-5-13(14)3/h11-16H,4-10H2,1-3H3. The zero-order valence-corrected chi connectivity index (χ0v) is 11.3. The Hall–Kier alpha value is -0.0400. The molecule has 0 aromatic rings. The Balaban J connectivity index is 1.72. The lowest BCUT2D eigenvalue weighted by Gasteiger charge is -2.33. The van der Waals surface area contributed by atoms with Crippen LogP contribution in [0, 0.1) is 23.7 Å². The molecule has 0 spiro atoms. The fraction of sp³-hybridized carbons (Fsp3) is 1.00. The number of hydrogen-bond donors (Lipinski definition) is 1. The van der Waals surface area contributed by atoms with Gasteiger partial charge in [-0.15, -0.1) is 0 Å². The van der Waals surface area contributed by atoms with Crippen LogP contribution in [0.4, 0.5) is 0 Å². The molecule has 94 valence electrons. The van der Waals surface area contributed by atoms with Crippen LogP contribution in [0.5, 0.6) is 0 Å². The van der Waals surface area contributed by atoms with Crippen LogP contribution in [0.1, 0.15) is 59.3 Å². The van der Waals surface area contributed by atoms with Crippen molar-refractivity contribution in [3.63, 3.8) is 0 Å². The van der Waals surface area contributed by atoms with Gasteiger partial charge in [-0.3, -0.25) is 0 Å². The fourth-order valence-electron chi connectivity index (χ4n) is 3.96. The summed E-state index contributed by atoms with van der Waals surface area (Å²) in [7, 11) is 0. The van der Waals surface area contributed by atoms with E-state index in [-0.39, 0.29) is 0 Å². The Morgan fingerprint density at radius 3 is 2.19 bits per heavy atom. The van der Waals surface area contributed by atoms with Gasteiger partial charge in [0.2, 0.25) is 0 Å². The lowest BCUT2D eigenvalue weighted by Crippen LogP contribution is -2.39. The minimum Gasteiger partial charge on any atom is -0.314 e. The van der Waals surface area contributed by atoms with Crippen molar-refractivity contribution in [2.45, 2.75) is 65.3 Å². The van der Waals surface area contributed by atoms with E-state index in [4.69, 9.17) is 0 Å². The predicted molar refractivity (Wildman–Crippen MR) is 70.5 cm³/mol. The van der Waals surface area contributed by atoms with Gasteiger partial charge in [0.05, 0.1) is 0 Å². The quantitative estimate of drug-likeness (QED) is 0.766. The average molecular weight is 223 g/mol. The fourth-order valence-corrected chi connectivity index (χ4v) is 3.96. The van der Waals surface area contributed by atoms with Crippen molar-refractivity contribution in [1.29, 1.82) is 0 Å². The number of nitrogens with one attached hydrogen (secondary N) is 1. The van der Waals surface area contributed by atoms with Crippen LogP contribution in [0.2, 0.25) is 0 Å². The van der Waals surface area contributed by atoms with Gasteiger partial charge in [0.15, 0.2) is 0 Å². The molecule has 16 heavy (non-hydrogen) atoms.